The van der Waals surface area contributed by atoms with Gasteiger partial charge in [0.25, 0.3) is 0 Å². The highest BCUT2D eigenvalue weighted by molar-refractivity contribution is 5.80. The average Bonchev–Trinajstić information content (AvgIpc) is 3.03. The summed E-state index contributed by atoms with van der Waals surface area (Å²) in [5.41, 5.74) is 1.17. The highest BCUT2D eigenvalue weighted by atomic mass is 16.5. The van der Waals surface area contributed by atoms with E-state index in [0.29, 0.717) is 31.2 Å². The molecule has 0 bridgehead atoms. The zero-order valence-corrected chi connectivity index (χ0v) is 13.6. The first-order valence-corrected chi connectivity index (χ1v) is 8.60. The van der Waals surface area contributed by atoms with Crippen LogP contribution in [-0.2, 0) is 11.2 Å². The fourth-order valence-corrected chi connectivity index (χ4v) is 3.37. The maximum absolute atomic E-state index is 12.4. The Balaban J connectivity index is 1.32. The second-order valence-electron chi connectivity index (χ2n) is 6.63. The van der Waals surface area contributed by atoms with Gasteiger partial charge in [-0.25, -0.2) is 0 Å². The number of hydrogen-bond acceptors (Lipinski definition) is 4. The fraction of sp³-hybridized carbons (Fsp3) is 0.421. The predicted molar refractivity (Wildman–Crippen MR) is 89.3 cm³/mol. The lowest BCUT2D eigenvalue weighted by molar-refractivity contribution is -0.140. The number of likely N-dealkylation sites (tertiary alicyclic amines) is 1. The average molecular weight is 323 g/mol. The van der Waals surface area contributed by atoms with Gasteiger partial charge in [-0.15, -0.1) is 0 Å². The largest absolute Gasteiger partial charge is 0.341 e. The number of carbonyl (C=O) groups is 1. The Morgan fingerprint density at radius 3 is 2.79 bits per heavy atom. The first-order valence-electron chi connectivity index (χ1n) is 8.60. The summed E-state index contributed by atoms with van der Waals surface area (Å²) in [5.74, 6) is 1.99. The Hall–Kier alpha value is -2.43. The molecule has 2 aliphatic rings. The van der Waals surface area contributed by atoms with E-state index in [0.717, 1.165) is 19.3 Å². The lowest BCUT2D eigenvalue weighted by Gasteiger charge is -2.39. The number of benzene rings is 1. The minimum Gasteiger partial charge on any atom is -0.341 e. The van der Waals surface area contributed by atoms with E-state index in [1.165, 1.54) is 5.56 Å². The first kappa shape index (κ1) is 15.1. The van der Waals surface area contributed by atoms with Crippen molar-refractivity contribution >= 4 is 5.91 Å². The molecular formula is C19H21N3O2. The predicted octanol–water partition coefficient (Wildman–Crippen LogP) is 2.94. The Bertz CT molecular complexity index is 732. The summed E-state index contributed by atoms with van der Waals surface area (Å²) in [5, 5.41) is 4.08. The highest BCUT2D eigenvalue weighted by Crippen LogP contribution is 2.30. The summed E-state index contributed by atoms with van der Waals surface area (Å²) >= 11 is 0. The van der Waals surface area contributed by atoms with Gasteiger partial charge < -0.3 is 9.42 Å². The molecule has 2 heterocycles. The molecule has 1 unspecified atom stereocenters. The van der Waals surface area contributed by atoms with Crippen LogP contribution in [0.15, 0.2) is 47.0 Å². The Morgan fingerprint density at radius 1 is 1.21 bits per heavy atom. The standard InChI is InChI=1S/C19H21N3O2/c23-19(15-9-5-2-6-10-15)22-12-16(13-22)18-20-17(21-24-18)11-14-7-3-1-4-8-14/h1-5,7-8,15-16H,6,9-13H2. The molecule has 0 N–H and O–H groups in total. The van der Waals surface area contributed by atoms with Crippen molar-refractivity contribution in [3.8, 4) is 0 Å². The zero-order valence-electron chi connectivity index (χ0n) is 13.6. The third-order valence-corrected chi connectivity index (χ3v) is 4.85. The van der Waals surface area contributed by atoms with Crippen LogP contribution in [0.3, 0.4) is 0 Å². The van der Waals surface area contributed by atoms with E-state index in [1.807, 2.05) is 23.1 Å². The van der Waals surface area contributed by atoms with Crippen LogP contribution in [-0.4, -0.2) is 34.0 Å². The number of aromatic nitrogens is 2. The quantitative estimate of drug-likeness (QED) is 0.812. The molecule has 1 saturated heterocycles. The molecule has 1 fully saturated rings. The van der Waals surface area contributed by atoms with Crippen molar-refractivity contribution in [2.75, 3.05) is 13.1 Å². The highest BCUT2D eigenvalue weighted by Gasteiger charge is 2.37. The van der Waals surface area contributed by atoms with E-state index in [2.05, 4.69) is 34.4 Å². The van der Waals surface area contributed by atoms with Gasteiger partial charge in [-0.1, -0.05) is 47.6 Å². The lowest BCUT2D eigenvalue weighted by Crippen LogP contribution is -2.50. The van der Waals surface area contributed by atoms with E-state index in [9.17, 15) is 4.79 Å². The number of nitrogens with zero attached hydrogens (tertiary/aromatic N) is 3. The summed E-state index contributed by atoms with van der Waals surface area (Å²) < 4.78 is 5.40. The molecule has 1 aromatic carbocycles. The molecule has 4 rings (SSSR count). The molecular weight excluding hydrogens is 302 g/mol. The zero-order chi connectivity index (χ0) is 16.4. The Labute approximate surface area is 141 Å². The molecule has 1 aliphatic heterocycles. The monoisotopic (exact) mass is 323 g/mol. The maximum Gasteiger partial charge on any atom is 0.233 e. The number of carbonyl (C=O) groups excluding carboxylic acids is 1. The molecule has 1 aromatic heterocycles. The summed E-state index contributed by atoms with van der Waals surface area (Å²) in [4.78, 5) is 18.9. The third-order valence-electron chi connectivity index (χ3n) is 4.85. The van der Waals surface area contributed by atoms with Crippen molar-refractivity contribution in [3.05, 3.63) is 59.8 Å². The topological polar surface area (TPSA) is 59.2 Å². The van der Waals surface area contributed by atoms with Crippen LogP contribution in [0.2, 0.25) is 0 Å². The van der Waals surface area contributed by atoms with Crippen LogP contribution in [0.25, 0.3) is 0 Å². The number of amides is 1. The minimum atomic E-state index is 0.160. The van der Waals surface area contributed by atoms with Crippen LogP contribution in [0.5, 0.6) is 0 Å². The van der Waals surface area contributed by atoms with Crippen molar-refractivity contribution in [3.63, 3.8) is 0 Å². The SMILES string of the molecule is O=C(C1CC=CCC1)N1CC(c2nc(Cc3ccccc3)no2)C1. The Morgan fingerprint density at radius 2 is 2.04 bits per heavy atom. The van der Waals surface area contributed by atoms with Gasteiger partial charge in [-0.2, -0.15) is 4.98 Å². The molecule has 0 saturated carbocycles. The molecule has 0 spiro atoms. The Kier molecular flexibility index (Phi) is 4.15. The second-order valence-corrected chi connectivity index (χ2v) is 6.63. The van der Waals surface area contributed by atoms with E-state index < -0.39 is 0 Å². The summed E-state index contributed by atoms with van der Waals surface area (Å²) in [6.45, 7) is 1.40. The third kappa shape index (κ3) is 3.11. The molecule has 5 heteroatoms. The lowest BCUT2D eigenvalue weighted by atomic mass is 9.90. The van der Waals surface area contributed by atoms with Gasteiger partial charge in [0.05, 0.1) is 5.92 Å². The van der Waals surface area contributed by atoms with Crippen molar-refractivity contribution < 1.29 is 9.32 Å². The molecule has 124 valence electrons. The van der Waals surface area contributed by atoms with Crippen LogP contribution >= 0.6 is 0 Å². The van der Waals surface area contributed by atoms with Crippen LogP contribution < -0.4 is 0 Å². The smallest absolute Gasteiger partial charge is 0.233 e. The van der Waals surface area contributed by atoms with Gasteiger partial charge in [-0.05, 0) is 24.8 Å². The van der Waals surface area contributed by atoms with Crippen molar-refractivity contribution in [2.45, 2.75) is 31.6 Å². The molecule has 5 nitrogen and oxygen atoms in total. The van der Waals surface area contributed by atoms with Gasteiger partial charge in [0.2, 0.25) is 11.8 Å². The van der Waals surface area contributed by atoms with Gasteiger partial charge in [0.15, 0.2) is 5.82 Å². The van der Waals surface area contributed by atoms with Crippen molar-refractivity contribution in [1.29, 1.82) is 0 Å². The molecule has 1 aliphatic carbocycles. The number of hydrogen-bond donors (Lipinski definition) is 0. The van der Waals surface area contributed by atoms with E-state index in [1.54, 1.807) is 0 Å². The molecule has 0 radical (unpaired) electrons. The van der Waals surface area contributed by atoms with Crippen molar-refractivity contribution in [1.82, 2.24) is 15.0 Å². The van der Waals surface area contributed by atoms with Crippen molar-refractivity contribution in [2.24, 2.45) is 5.92 Å². The molecule has 1 amide bonds. The van der Waals surface area contributed by atoms with Crippen LogP contribution in [0.1, 0.15) is 42.5 Å². The van der Waals surface area contributed by atoms with Crippen LogP contribution in [0, 0.1) is 5.92 Å². The first-order chi connectivity index (χ1) is 11.8. The summed E-state index contributed by atoms with van der Waals surface area (Å²) in [7, 11) is 0. The van der Waals surface area contributed by atoms with Crippen LogP contribution in [0.4, 0.5) is 0 Å². The summed E-state index contributed by atoms with van der Waals surface area (Å²) in [6.07, 6.45) is 7.82. The molecule has 2 aromatic rings. The minimum absolute atomic E-state index is 0.160. The molecule has 24 heavy (non-hydrogen) atoms. The van der Waals surface area contributed by atoms with Gasteiger partial charge in [0.1, 0.15) is 0 Å². The summed E-state index contributed by atoms with van der Waals surface area (Å²) in [6, 6.07) is 10.1. The van der Waals surface area contributed by atoms with E-state index >= 15 is 0 Å². The van der Waals surface area contributed by atoms with Gasteiger partial charge in [-0.3, -0.25) is 4.79 Å². The fourth-order valence-electron chi connectivity index (χ4n) is 3.37. The molecule has 1 atom stereocenters. The normalized spacial score (nSPS) is 20.8. The van der Waals surface area contributed by atoms with E-state index in [4.69, 9.17) is 4.52 Å². The maximum atomic E-state index is 12.4. The number of rotatable bonds is 4. The van der Waals surface area contributed by atoms with Gasteiger partial charge >= 0.3 is 0 Å². The van der Waals surface area contributed by atoms with Gasteiger partial charge in [0, 0.05) is 25.4 Å². The van der Waals surface area contributed by atoms with E-state index in [-0.39, 0.29) is 17.7 Å². The number of allylic oxidation sites excluding steroid dienone is 2. The second kappa shape index (κ2) is 6.59.